The van der Waals surface area contributed by atoms with Gasteiger partial charge in [0.1, 0.15) is 0 Å². The first-order valence-corrected chi connectivity index (χ1v) is 9.23. The lowest BCUT2D eigenvalue weighted by Crippen LogP contribution is -2.31. The summed E-state index contributed by atoms with van der Waals surface area (Å²) in [5.41, 5.74) is 2.87. The monoisotopic (exact) mass is 349 g/mol. The summed E-state index contributed by atoms with van der Waals surface area (Å²) in [6, 6.07) is 0. The number of hydrogen-bond donors (Lipinski definition) is 0. The highest BCUT2D eigenvalue weighted by Crippen LogP contribution is 2.49. The number of nitrogens with zero attached hydrogens (tertiary/aromatic N) is 5. The zero-order valence-electron chi connectivity index (χ0n) is 15.4. The highest BCUT2D eigenvalue weighted by molar-refractivity contribution is 6.03. The smallest absolute Gasteiger partial charge is 0.238 e. The van der Waals surface area contributed by atoms with Crippen molar-refractivity contribution in [3.8, 4) is 0 Å². The maximum atomic E-state index is 13.1. The van der Waals surface area contributed by atoms with E-state index < -0.39 is 5.41 Å². The van der Waals surface area contributed by atoms with Crippen molar-refractivity contribution in [2.24, 2.45) is 18.4 Å². The number of carbonyl (C=O) groups is 1. The maximum absolute atomic E-state index is 13.1. The van der Waals surface area contributed by atoms with Crippen molar-refractivity contribution in [1.82, 2.24) is 19.1 Å². The summed E-state index contributed by atoms with van der Waals surface area (Å²) in [6.07, 6.45) is 15.4. The van der Waals surface area contributed by atoms with Crippen molar-refractivity contribution in [3.63, 3.8) is 0 Å². The van der Waals surface area contributed by atoms with Crippen LogP contribution in [0.3, 0.4) is 0 Å². The van der Waals surface area contributed by atoms with Gasteiger partial charge in [-0.1, -0.05) is 19.9 Å². The lowest BCUT2D eigenvalue weighted by atomic mass is 9.76. The molecule has 0 bridgehead atoms. The highest BCUT2D eigenvalue weighted by atomic mass is 16.2. The number of fused-ring (bicyclic) bond motifs is 1. The summed E-state index contributed by atoms with van der Waals surface area (Å²) >= 11 is 0. The van der Waals surface area contributed by atoms with Crippen molar-refractivity contribution in [2.45, 2.75) is 39.0 Å². The minimum absolute atomic E-state index is 0.117. The van der Waals surface area contributed by atoms with E-state index in [0.29, 0.717) is 11.7 Å². The zero-order valence-corrected chi connectivity index (χ0v) is 15.4. The van der Waals surface area contributed by atoms with E-state index in [9.17, 15) is 4.79 Å². The van der Waals surface area contributed by atoms with Crippen molar-refractivity contribution >= 4 is 17.4 Å². The second-order valence-corrected chi connectivity index (χ2v) is 8.23. The van der Waals surface area contributed by atoms with Gasteiger partial charge in [0.05, 0.1) is 23.8 Å². The van der Waals surface area contributed by atoms with Crippen LogP contribution in [0, 0.1) is 11.3 Å². The van der Waals surface area contributed by atoms with Gasteiger partial charge in [0, 0.05) is 42.7 Å². The van der Waals surface area contributed by atoms with E-state index in [0.717, 1.165) is 17.8 Å². The quantitative estimate of drug-likeness (QED) is 0.854. The summed E-state index contributed by atoms with van der Waals surface area (Å²) in [4.78, 5) is 23.9. The van der Waals surface area contributed by atoms with Crippen LogP contribution in [0.4, 0.5) is 5.82 Å². The lowest BCUT2D eigenvalue weighted by molar-refractivity contribution is -0.125. The van der Waals surface area contributed by atoms with Gasteiger partial charge in [0.25, 0.3) is 0 Å². The molecule has 3 heterocycles. The average molecular weight is 349 g/mol. The third-order valence-electron chi connectivity index (χ3n) is 5.92. The van der Waals surface area contributed by atoms with Crippen molar-refractivity contribution in [2.75, 3.05) is 4.90 Å². The Morgan fingerprint density at radius 3 is 2.65 bits per heavy atom. The van der Waals surface area contributed by atoms with E-state index >= 15 is 0 Å². The van der Waals surface area contributed by atoms with E-state index in [4.69, 9.17) is 0 Å². The van der Waals surface area contributed by atoms with E-state index in [1.54, 1.807) is 11.2 Å². The molecule has 1 unspecified atom stereocenters. The molecule has 6 nitrogen and oxygen atoms in total. The molecule has 134 valence electrons. The minimum atomic E-state index is -0.431. The van der Waals surface area contributed by atoms with Gasteiger partial charge in [-0.25, -0.2) is 9.97 Å². The molecule has 3 aliphatic rings. The predicted octanol–water partition coefficient (Wildman–Crippen LogP) is 3.31. The fraction of sp³-hybridized carbons (Fsp3) is 0.450. The van der Waals surface area contributed by atoms with Gasteiger partial charge < -0.3 is 9.13 Å². The molecule has 26 heavy (non-hydrogen) atoms. The summed E-state index contributed by atoms with van der Waals surface area (Å²) in [7, 11) is 1.92. The van der Waals surface area contributed by atoms with Crippen LogP contribution in [0.5, 0.6) is 0 Å². The summed E-state index contributed by atoms with van der Waals surface area (Å²) in [5, 5.41) is 0. The molecule has 1 atom stereocenters. The molecule has 2 aromatic rings. The Hall–Kier alpha value is -2.63. The first kappa shape index (κ1) is 15.6. The third-order valence-corrected chi connectivity index (χ3v) is 5.92. The molecule has 0 aromatic carbocycles. The number of anilines is 1. The average Bonchev–Trinajstić information content (AvgIpc) is 3.12. The standard InChI is InChI=1S/C20H23N5O/c1-20(2)15-7-6-14(24-9-16(21-12-24)13-4-5-13)8-17(15)25(19(20)26)18-10-23(3)11-22-18/h6,8-13,15H,4-5,7H2,1-3H3. The molecule has 2 aromatic heterocycles. The first-order chi connectivity index (χ1) is 12.4. The molecular weight excluding hydrogens is 326 g/mol. The Morgan fingerprint density at radius 1 is 1.15 bits per heavy atom. The molecule has 1 aliphatic heterocycles. The Kier molecular flexibility index (Phi) is 3.12. The van der Waals surface area contributed by atoms with Gasteiger partial charge in [-0.15, -0.1) is 0 Å². The van der Waals surface area contributed by atoms with Crippen LogP contribution in [0.25, 0.3) is 5.70 Å². The number of aromatic nitrogens is 4. The minimum Gasteiger partial charge on any atom is -0.338 e. The number of amides is 1. The highest BCUT2D eigenvalue weighted by Gasteiger charge is 2.52. The molecule has 2 fully saturated rings. The zero-order chi connectivity index (χ0) is 18.1. The molecule has 6 heteroatoms. The largest absolute Gasteiger partial charge is 0.338 e. The topological polar surface area (TPSA) is 56.0 Å². The third kappa shape index (κ3) is 2.21. The predicted molar refractivity (Wildman–Crippen MR) is 99.1 cm³/mol. The second kappa shape index (κ2) is 5.19. The van der Waals surface area contributed by atoms with Crippen LogP contribution in [0.2, 0.25) is 0 Å². The molecule has 1 saturated carbocycles. The second-order valence-electron chi connectivity index (χ2n) is 8.23. The van der Waals surface area contributed by atoms with Crippen molar-refractivity contribution in [3.05, 3.63) is 48.6 Å². The number of carbonyl (C=O) groups excluding carboxylic acids is 1. The van der Waals surface area contributed by atoms with Gasteiger partial charge in [-0.05, 0) is 25.3 Å². The van der Waals surface area contributed by atoms with Crippen molar-refractivity contribution < 1.29 is 4.79 Å². The van der Waals surface area contributed by atoms with E-state index in [-0.39, 0.29) is 11.8 Å². The number of allylic oxidation sites excluding steroid dienone is 4. The van der Waals surface area contributed by atoms with Crippen LogP contribution in [-0.4, -0.2) is 25.0 Å². The molecule has 1 amide bonds. The van der Waals surface area contributed by atoms with Crippen LogP contribution in [-0.2, 0) is 11.8 Å². The van der Waals surface area contributed by atoms with Gasteiger partial charge in [0.15, 0.2) is 5.82 Å². The van der Waals surface area contributed by atoms with E-state index in [1.165, 1.54) is 18.5 Å². The Bertz CT molecular complexity index is 957. The van der Waals surface area contributed by atoms with E-state index in [2.05, 4.69) is 32.9 Å². The number of rotatable bonds is 3. The SMILES string of the molecule is Cn1cnc(N2C(=O)C(C)(C)C3CC=C(n4cnc(C5CC5)c4)C=C32)c1. The number of imidazole rings is 2. The molecule has 0 N–H and O–H groups in total. The van der Waals surface area contributed by atoms with Gasteiger partial charge in [-0.3, -0.25) is 9.69 Å². The lowest BCUT2D eigenvalue weighted by Gasteiger charge is -2.25. The van der Waals surface area contributed by atoms with Gasteiger partial charge in [-0.2, -0.15) is 0 Å². The fourth-order valence-electron chi connectivity index (χ4n) is 4.11. The van der Waals surface area contributed by atoms with Gasteiger partial charge >= 0.3 is 0 Å². The molecule has 2 aliphatic carbocycles. The number of aryl methyl sites for hydroxylation is 1. The molecule has 1 saturated heterocycles. The normalized spacial score (nSPS) is 24.5. The summed E-state index contributed by atoms with van der Waals surface area (Å²) < 4.78 is 3.96. The Balaban J connectivity index is 1.55. The van der Waals surface area contributed by atoms with Crippen LogP contribution >= 0.6 is 0 Å². The van der Waals surface area contributed by atoms with Crippen LogP contribution in [0.1, 0.15) is 44.7 Å². The summed E-state index contributed by atoms with van der Waals surface area (Å²) in [5.74, 6) is 1.63. The Morgan fingerprint density at radius 2 is 1.96 bits per heavy atom. The maximum Gasteiger partial charge on any atom is 0.238 e. The van der Waals surface area contributed by atoms with Gasteiger partial charge in [0.2, 0.25) is 5.91 Å². The van der Waals surface area contributed by atoms with Crippen LogP contribution < -0.4 is 4.90 Å². The van der Waals surface area contributed by atoms with E-state index in [1.807, 2.05) is 38.0 Å². The molecular formula is C20H23N5O. The van der Waals surface area contributed by atoms with Crippen molar-refractivity contribution in [1.29, 1.82) is 0 Å². The molecule has 0 spiro atoms. The Labute approximate surface area is 152 Å². The molecule has 0 radical (unpaired) electrons. The van der Waals surface area contributed by atoms with Crippen LogP contribution in [0.15, 0.2) is 42.9 Å². The summed E-state index contributed by atoms with van der Waals surface area (Å²) in [6.45, 7) is 4.08. The molecule has 5 rings (SSSR count). The fourth-order valence-corrected chi connectivity index (χ4v) is 4.11. The number of hydrogen-bond acceptors (Lipinski definition) is 3. The first-order valence-electron chi connectivity index (χ1n) is 9.23.